The fraction of sp³-hybridized carbons (Fsp3) is 0.341. The van der Waals surface area contributed by atoms with Gasteiger partial charge < -0.3 is 30.3 Å². The Labute approximate surface area is 296 Å². The maximum Gasteiger partial charge on any atom is 0.410 e. The van der Waals surface area contributed by atoms with Gasteiger partial charge in [0.1, 0.15) is 17.2 Å². The predicted molar refractivity (Wildman–Crippen MR) is 205 cm³/mol. The zero-order valence-corrected chi connectivity index (χ0v) is 30.2. The van der Waals surface area contributed by atoms with Gasteiger partial charge in [-0.2, -0.15) is 0 Å². The average molecular weight is 675 g/mol. The zero-order valence-electron chi connectivity index (χ0n) is 30.2. The van der Waals surface area contributed by atoms with Crippen LogP contribution in [0.25, 0.3) is 5.70 Å². The Morgan fingerprint density at radius 2 is 1.78 bits per heavy atom. The van der Waals surface area contributed by atoms with Gasteiger partial charge in [0, 0.05) is 54.4 Å². The second-order valence-corrected chi connectivity index (χ2v) is 13.7. The number of para-hydroxylation sites is 1. The lowest BCUT2D eigenvalue weighted by Gasteiger charge is -2.35. The van der Waals surface area contributed by atoms with Crippen LogP contribution in [0.2, 0.25) is 0 Å². The average Bonchev–Trinajstić information content (AvgIpc) is 3.11. The first kappa shape index (κ1) is 36.0. The Morgan fingerprint density at radius 3 is 2.46 bits per heavy atom. The van der Waals surface area contributed by atoms with Gasteiger partial charge in [-0.1, -0.05) is 68.1 Å². The SMILES string of the molecule is C=C(Nc1ccccc1)c1ccc(C(=N)c2c(NCc3ccc(CC)cc3OC)ncc(C)c2NC2CCCN(C(=O)OC(C)(C)C)C2)cc1. The number of hydrogen-bond donors (Lipinski definition) is 4. The number of methoxy groups -OCH3 is 1. The van der Waals surface area contributed by atoms with E-state index in [1.165, 1.54) is 5.56 Å². The first-order chi connectivity index (χ1) is 24.0. The van der Waals surface area contributed by atoms with Crippen LogP contribution in [-0.2, 0) is 17.7 Å². The quantitative estimate of drug-likeness (QED) is 0.111. The number of benzene rings is 3. The van der Waals surface area contributed by atoms with Gasteiger partial charge >= 0.3 is 6.09 Å². The summed E-state index contributed by atoms with van der Waals surface area (Å²) in [4.78, 5) is 19.6. The molecular formula is C41H50N6O3. The predicted octanol–water partition coefficient (Wildman–Crippen LogP) is 8.88. The largest absolute Gasteiger partial charge is 0.496 e. The molecule has 50 heavy (non-hydrogen) atoms. The van der Waals surface area contributed by atoms with Gasteiger partial charge in [-0.3, -0.25) is 5.41 Å². The lowest BCUT2D eigenvalue weighted by Crippen LogP contribution is -2.47. The molecular weight excluding hydrogens is 624 g/mol. The van der Waals surface area contributed by atoms with Crippen molar-refractivity contribution in [2.75, 3.05) is 36.1 Å². The van der Waals surface area contributed by atoms with E-state index >= 15 is 0 Å². The van der Waals surface area contributed by atoms with Crippen LogP contribution in [0.3, 0.4) is 0 Å². The Morgan fingerprint density at radius 1 is 1.06 bits per heavy atom. The van der Waals surface area contributed by atoms with Crippen molar-refractivity contribution >= 4 is 34.7 Å². The summed E-state index contributed by atoms with van der Waals surface area (Å²) in [6.45, 7) is 15.6. The lowest BCUT2D eigenvalue weighted by atomic mass is 9.96. The van der Waals surface area contributed by atoms with E-state index in [4.69, 9.17) is 14.5 Å². The number of likely N-dealkylation sites (tertiary alicyclic amines) is 1. The lowest BCUT2D eigenvalue weighted by molar-refractivity contribution is 0.0206. The number of carbonyl (C=O) groups excluding carboxylic acids is 1. The number of carbonyl (C=O) groups is 1. The van der Waals surface area contributed by atoms with Gasteiger partial charge in [-0.05, 0) is 81.8 Å². The molecule has 0 aliphatic carbocycles. The molecule has 3 aromatic carbocycles. The molecule has 1 amide bonds. The van der Waals surface area contributed by atoms with Crippen LogP contribution in [0.5, 0.6) is 5.75 Å². The summed E-state index contributed by atoms with van der Waals surface area (Å²) in [5, 5.41) is 20.2. The molecule has 4 N–H and O–H groups in total. The molecule has 9 nitrogen and oxygen atoms in total. The van der Waals surface area contributed by atoms with E-state index in [2.05, 4.69) is 47.7 Å². The van der Waals surface area contributed by atoms with Crippen LogP contribution in [0.15, 0.2) is 85.6 Å². The molecule has 1 aliphatic rings. The highest BCUT2D eigenvalue weighted by Gasteiger charge is 2.29. The first-order valence-electron chi connectivity index (χ1n) is 17.3. The number of pyridine rings is 1. The van der Waals surface area contributed by atoms with Crippen LogP contribution in [0.1, 0.15) is 73.9 Å². The molecule has 5 rings (SSSR count). The van der Waals surface area contributed by atoms with Crippen molar-refractivity contribution in [2.45, 2.75) is 72.1 Å². The molecule has 1 aromatic heterocycles. The van der Waals surface area contributed by atoms with E-state index in [-0.39, 0.29) is 12.1 Å². The number of nitrogens with zero attached hydrogens (tertiary/aromatic N) is 2. The molecule has 262 valence electrons. The van der Waals surface area contributed by atoms with E-state index in [9.17, 15) is 10.2 Å². The third kappa shape index (κ3) is 9.02. The first-order valence-corrected chi connectivity index (χ1v) is 17.3. The van der Waals surface area contributed by atoms with Crippen LogP contribution >= 0.6 is 0 Å². The summed E-state index contributed by atoms with van der Waals surface area (Å²) < 4.78 is 11.4. The molecule has 1 atom stereocenters. The van der Waals surface area contributed by atoms with E-state index in [0.29, 0.717) is 36.7 Å². The van der Waals surface area contributed by atoms with Crippen LogP contribution < -0.4 is 20.7 Å². The number of hydrogen-bond acceptors (Lipinski definition) is 8. The highest BCUT2D eigenvalue weighted by Crippen LogP contribution is 2.32. The Balaban J connectivity index is 1.45. The topological polar surface area (TPSA) is 112 Å². The maximum atomic E-state index is 13.0. The summed E-state index contributed by atoms with van der Waals surface area (Å²) in [5.41, 5.74) is 7.74. The third-order valence-corrected chi connectivity index (χ3v) is 8.74. The van der Waals surface area contributed by atoms with Crippen LogP contribution in [0.4, 0.5) is 22.0 Å². The molecule has 4 aromatic rings. The number of ether oxygens (including phenoxy) is 2. The normalized spacial score (nSPS) is 14.4. The molecule has 1 fully saturated rings. The number of nitrogens with one attached hydrogen (secondary N) is 4. The van der Waals surface area contributed by atoms with Gasteiger partial charge in [0.2, 0.25) is 0 Å². The molecule has 0 bridgehead atoms. The molecule has 1 aliphatic heterocycles. The van der Waals surface area contributed by atoms with E-state index < -0.39 is 5.60 Å². The van der Waals surface area contributed by atoms with Crippen LogP contribution in [0, 0.1) is 12.3 Å². The number of anilines is 3. The number of amides is 1. The van der Waals surface area contributed by atoms with Crippen molar-refractivity contribution in [1.82, 2.24) is 9.88 Å². The number of aryl methyl sites for hydroxylation is 2. The standard InChI is InChI=1S/C41H50N6O3/c1-8-29-16-17-32(35(23-29)49-7)25-44-39-36(37(42)31-20-18-30(19-21-31)28(3)45-33-13-10-9-11-14-33)38(27(2)24-43-39)46-34-15-12-22-47(26-34)40(48)50-41(4,5)6/h9-11,13-14,16-21,23-24,34,42,45H,3,8,12,15,22,25-26H2,1-2,4-7H3,(H2,43,44,46). The molecule has 0 saturated carbocycles. The summed E-state index contributed by atoms with van der Waals surface area (Å²) in [5.74, 6) is 1.40. The second kappa shape index (κ2) is 15.9. The van der Waals surface area contributed by atoms with E-state index in [1.807, 2.05) is 88.5 Å². The molecule has 9 heteroatoms. The number of piperidine rings is 1. The summed E-state index contributed by atoms with van der Waals surface area (Å²) >= 11 is 0. The van der Waals surface area contributed by atoms with Gasteiger partial charge in [0.05, 0.1) is 24.1 Å². The summed E-state index contributed by atoms with van der Waals surface area (Å²) in [7, 11) is 1.68. The maximum absolute atomic E-state index is 13.0. The van der Waals surface area contributed by atoms with Crippen LogP contribution in [-0.4, -0.2) is 53.5 Å². The van der Waals surface area contributed by atoms with E-state index in [1.54, 1.807) is 12.0 Å². The number of aromatic nitrogens is 1. The zero-order chi connectivity index (χ0) is 35.8. The summed E-state index contributed by atoms with van der Waals surface area (Å²) in [6, 6.07) is 24.0. The van der Waals surface area contributed by atoms with Crippen molar-refractivity contribution in [3.63, 3.8) is 0 Å². The minimum Gasteiger partial charge on any atom is -0.496 e. The van der Waals surface area contributed by atoms with Gasteiger partial charge in [-0.25, -0.2) is 9.78 Å². The van der Waals surface area contributed by atoms with E-state index in [0.717, 1.165) is 64.3 Å². The Kier molecular flexibility index (Phi) is 11.5. The fourth-order valence-corrected chi connectivity index (χ4v) is 6.05. The molecule has 2 heterocycles. The van der Waals surface area contributed by atoms with Crippen molar-refractivity contribution in [3.8, 4) is 5.75 Å². The smallest absolute Gasteiger partial charge is 0.410 e. The highest BCUT2D eigenvalue weighted by molar-refractivity contribution is 6.17. The van der Waals surface area contributed by atoms with Crippen molar-refractivity contribution in [1.29, 1.82) is 5.41 Å². The molecule has 0 spiro atoms. The highest BCUT2D eigenvalue weighted by atomic mass is 16.6. The molecule has 0 radical (unpaired) electrons. The Hall–Kier alpha value is -5.31. The van der Waals surface area contributed by atoms with Crippen molar-refractivity contribution in [2.24, 2.45) is 0 Å². The monoisotopic (exact) mass is 674 g/mol. The molecule has 1 unspecified atom stereocenters. The minimum atomic E-state index is -0.568. The van der Waals surface area contributed by atoms with Gasteiger partial charge in [-0.15, -0.1) is 0 Å². The van der Waals surface area contributed by atoms with Crippen molar-refractivity contribution in [3.05, 3.63) is 119 Å². The van der Waals surface area contributed by atoms with Gasteiger partial charge in [0.15, 0.2) is 0 Å². The molecule has 1 saturated heterocycles. The summed E-state index contributed by atoms with van der Waals surface area (Å²) in [6.07, 6.45) is 4.16. The Bertz CT molecular complexity index is 1810. The fourth-order valence-electron chi connectivity index (χ4n) is 6.05. The second-order valence-electron chi connectivity index (χ2n) is 13.7. The minimum absolute atomic E-state index is 0.0341. The third-order valence-electron chi connectivity index (χ3n) is 8.74. The number of rotatable bonds is 12. The van der Waals surface area contributed by atoms with Gasteiger partial charge in [0.25, 0.3) is 0 Å². The van der Waals surface area contributed by atoms with Crippen molar-refractivity contribution < 1.29 is 14.3 Å².